The Morgan fingerprint density at radius 1 is 0.248 bits per heavy atom. The molecule has 0 saturated carbocycles. The van der Waals surface area contributed by atoms with E-state index in [1.54, 1.807) is 110 Å². The number of benzene rings is 4. The zero-order chi connectivity index (χ0) is 103. The smallest absolute Gasteiger partial charge is 0.325 e. The van der Waals surface area contributed by atoms with Crippen LogP contribution in [0.15, 0.2) is 293 Å². The van der Waals surface area contributed by atoms with Crippen molar-refractivity contribution < 1.29 is 24.0 Å². The first-order valence-electron chi connectivity index (χ1n) is 43.7. The number of nitrogens with one attached hydrogen (secondary N) is 5. The van der Waals surface area contributed by atoms with Crippen LogP contribution in [0.1, 0.15) is 0 Å². The van der Waals surface area contributed by atoms with Crippen LogP contribution >= 0.6 is 0 Å². The Labute approximate surface area is 813 Å². The molecule has 16 heterocycles. The number of amides is 5. The van der Waals surface area contributed by atoms with Crippen LogP contribution in [0.5, 0.6) is 0 Å². The number of fused-ring (bicyclic) bond motifs is 5. The molecule has 0 saturated heterocycles. The number of pyridine rings is 2. The van der Waals surface area contributed by atoms with Gasteiger partial charge in [-0.2, -0.15) is 10.2 Å². The van der Waals surface area contributed by atoms with Gasteiger partial charge in [-0.25, -0.2) is 73.8 Å². The first-order chi connectivity index (χ1) is 69.8. The summed E-state index contributed by atoms with van der Waals surface area (Å²) in [6, 6.07) is 50.7. The maximum atomic E-state index is 12.5. The van der Waals surface area contributed by atoms with E-state index in [0.717, 1.165) is 67.7 Å². The van der Waals surface area contributed by atoms with Crippen molar-refractivity contribution in [2.45, 2.75) is 32.7 Å². The van der Waals surface area contributed by atoms with E-state index in [0.29, 0.717) is 40.2 Å². The van der Waals surface area contributed by atoms with Crippen LogP contribution in [0.4, 0.5) is 28.7 Å². The van der Waals surface area contributed by atoms with Crippen LogP contribution in [0.2, 0.25) is 0 Å². The van der Waals surface area contributed by atoms with Gasteiger partial charge in [0.25, 0.3) is 27.8 Å². The number of hydrogen-bond acceptors (Lipinski definition) is 30. The molecule has 5 N–H and O–H groups in total. The van der Waals surface area contributed by atoms with Gasteiger partial charge in [0.15, 0.2) is 67.5 Å². The third-order valence-electron chi connectivity index (χ3n) is 22.7. The molecule has 0 aliphatic carbocycles. The average Bonchev–Trinajstić information content (AvgIpc) is 1.65. The van der Waals surface area contributed by atoms with Crippen LogP contribution in [0, 0.1) is 0 Å². The summed E-state index contributed by atoms with van der Waals surface area (Å²) >= 11 is 0. The maximum absolute atomic E-state index is 12.5. The van der Waals surface area contributed by atoms with E-state index in [9.17, 15) is 71.9 Å². The number of aryl methyl sites for hydroxylation is 5. The fourth-order valence-electron chi connectivity index (χ4n) is 15.2. The van der Waals surface area contributed by atoms with Gasteiger partial charge in [0, 0.05) is 153 Å². The third kappa shape index (κ3) is 21.1. The maximum Gasteiger partial charge on any atom is 0.332 e. The predicted octanol–water partition coefficient (Wildman–Crippen LogP) is 2.65. The van der Waals surface area contributed by atoms with Crippen molar-refractivity contribution in [3.63, 3.8) is 0 Å². The molecule has 0 unspecified atom stereocenters. The Morgan fingerprint density at radius 2 is 0.579 bits per heavy atom. The number of aromatic nitrogens is 30. The van der Waals surface area contributed by atoms with Crippen molar-refractivity contribution in [1.82, 2.24) is 144 Å². The fraction of sp³-hybridized carbons (Fsp3) is 0.158. The largest absolute Gasteiger partial charge is 0.332 e. The molecule has 0 fully saturated rings. The molecule has 5 amide bonds. The number of imidazole rings is 5. The average molecular weight is 1960 g/mol. The first-order valence-corrected chi connectivity index (χ1v) is 43.7. The van der Waals surface area contributed by atoms with Crippen molar-refractivity contribution >= 4 is 114 Å². The SMILES string of the molecule is Cn1c(=O)c2c(ncn2CC(=O)Nc2ccc(-c3ccccc3)nn2)n(C)c1=O.Cn1c(=O)c2c(ncn2CC(=O)Nc2ccc(-c3ccccn3)cn2)n(C)c1=O.Cn1c(=O)c2c(ncn2CC(=O)Nc2ccc(-c3cccnn3)cc2)n(C)c1=O.Cn1c(=O)c2c(ncn2CC(=O)Nc2ccc(-c3ccncn3)cc2)n(C)c1=O.Cn1c(=O)c2c(ncn2CC(=O)Nc2ccc(-c3ncccn3)cc2)n(C)c1=O. The number of rotatable bonds is 20. The van der Waals surface area contributed by atoms with Crippen LogP contribution in [0.3, 0.4) is 0 Å². The van der Waals surface area contributed by atoms with Crippen molar-refractivity contribution in [2.75, 3.05) is 26.6 Å². The van der Waals surface area contributed by atoms with E-state index >= 15 is 0 Å². The highest BCUT2D eigenvalue weighted by Gasteiger charge is 2.24. The number of nitrogens with zero attached hydrogens (tertiary/aromatic N) is 30. The molecule has 50 heteroatoms. The molecule has 0 aliphatic heterocycles. The number of hydrogen-bond donors (Lipinski definition) is 5. The molecular weight excluding hydrogens is 1870 g/mol. The molecule has 0 bridgehead atoms. The van der Waals surface area contributed by atoms with Crippen molar-refractivity contribution in [3.05, 3.63) is 349 Å². The highest BCUT2D eigenvalue weighted by atomic mass is 16.2. The van der Waals surface area contributed by atoms with Gasteiger partial charge in [0.2, 0.25) is 29.5 Å². The van der Waals surface area contributed by atoms with Gasteiger partial charge >= 0.3 is 28.4 Å². The van der Waals surface area contributed by atoms with Gasteiger partial charge in [0.05, 0.1) is 54.4 Å². The quantitative estimate of drug-likeness (QED) is 0.0732. The van der Waals surface area contributed by atoms with Crippen LogP contribution < -0.4 is 82.8 Å². The van der Waals surface area contributed by atoms with E-state index in [4.69, 9.17) is 0 Å². The summed E-state index contributed by atoms with van der Waals surface area (Å²) in [5.74, 6) is -0.498. The monoisotopic (exact) mass is 1960 g/mol. The Balaban J connectivity index is 0.000000130. The van der Waals surface area contributed by atoms with Gasteiger partial charge in [-0.3, -0.25) is 98.6 Å². The molecule has 20 aromatic rings. The normalized spacial score (nSPS) is 11.0. The highest BCUT2D eigenvalue weighted by molar-refractivity contribution is 5.95. The minimum Gasteiger partial charge on any atom is -0.325 e. The van der Waals surface area contributed by atoms with Crippen molar-refractivity contribution in [2.24, 2.45) is 70.5 Å². The number of carbonyl (C=O) groups is 5. The molecule has 0 radical (unpaired) electrons. The molecule has 4 aromatic carbocycles. The molecule has 730 valence electrons. The van der Waals surface area contributed by atoms with Crippen molar-refractivity contribution in [3.8, 4) is 56.4 Å². The summed E-state index contributed by atoms with van der Waals surface area (Å²) in [4.78, 5) is 230. The standard InChI is InChI=1S/5C19H17N7O3/c1-24-17-15(18(28)25(2)19(24)29)26(11-22-17)10-14(27)23-13-6-4-12(5-7-13)16-20-8-3-9-21-16;1-24-17-16(18(28)25(2)19(24)29)26(11-22-17)9-15(27)23-13-5-3-12(4-6-13)14-7-8-20-10-21-14;1-24-17-16(18(28)25(2)19(24)29)26(11-20-17)10-15(27)22-13-7-5-12(6-8-13)14-4-3-9-21-23-14;1-24-17-16(18(28)25(2)19(24)29)26(11-22-17)10-15(27)23-14-7-6-12(9-21-14)13-5-3-4-8-20-13;1-24-17-16(18(28)25(2)19(24)29)26(11-20-17)10-15(27)21-14-9-8-13(22-23-14)12-6-4-3-5-7-12/h3-9,11H,10H2,1-2H3,(H,23,27);3-8,10-11H,9H2,1-2H3,(H,23,27);3-9,11H,10H2,1-2H3,(H,22,27);2*3-9,11H,10H2,1-2H3,(H,21,23,27). The molecule has 50 nitrogen and oxygen atoms in total. The van der Waals surface area contributed by atoms with Crippen LogP contribution in [-0.4, -0.2) is 173 Å². The second kappa shape index (κ2) is 42.3. The van der Waals surface area contributed by atoms with E-state index < -0.39 is 62.2 Å². The molecule has 145 heavy (non-hydrogen) atoms. The molecule has 0 atom stereocenters. The van der Waals surface area contributed by atoms with Gasteiger partial charge < -0.3 is 49.4 Å². The Bertz CT molecular complexity index is 7810. The lowest BCUT2D eigenvalue weighted by atomic mass is 10.1. The van der Waals surface area contributed by atoms with Gasteiger partial charge in [-0.15, -0.1) is 10.2 Å². The summed E-state index contributed by atoms with van der Waals surface area (Å²) in [5.41, 5.74) is 6.36. The minimum atomic E-state index is -0.514. The summed E-state index contributed by atoms with van der Waals surface area (Å²) in [7, 11) is 14.6. The van der Waals surface area contributed by atoms with Crippen LogP contribution in [-0.2, 0) is 127 Å². The van der Waals surface area contributed by atoms with Gasteiger partial charge in [0.1, 0.15) is 44.9 Å². The molecule has 0 aliphatic rings. The van der Waals surface area contributed by atoms with Gasteiger partial charge in [-0.1, -0.05) is 60.7 Å². The molecular formula is C95H85N35O15. The third-order valence-corrected chi connectivity index (χ3v) is 22.7. The van der Waals surface area contributed by atoms with E-state index in [-0.39, 0.29) is 112 Å². The lowest BCUT2D eigenvalue weighted by Crippen LogP contribution is -2.37. The molecule has 20 rings (SSSR count). The lowest BCUT2D eigenvalue weighted by Gasteiger charge is -2.08. The summed E-state index contributed by atoms with van der Waals surface area (Å²) < 4.78 is 18.4. The van der Waals surface area contributed by atoms with Gasteiger partial charge in [-0.05, 0) is 109 Å². The topological polar surface area (TPSA) is 583 Å². The zero-order valence-electron chi connectivity index (χ0n) is 78.7. The Hall–Kier alpha value is -20.4. The number of anilines is 5. The fourth-order valence-corrected chi connectivity index (χ4v) is 15.2. The second-order valence-electron chi connectivity index (χ2n) is 32.3. The second-order valence-corrected chi connectivity index (χ2v) is 32.3. The Morgan fingerprint density at radius 3 is 0.924 bits per heavy atom. The van der Waals surface area contributed by atoms with Crippen molar-refractivity contribution in [1.29, 1.82) is 0 Å². The molecule has 0 spiro atoms. The van der Waals surface area contributed by atoms with E-state index in [1.807, 2.05) is 97.1 Å². The first kappa shape index (κ1) is 97.7. The predicted molar refractivity (Wildman–Crippen MR) is 532 cm³/mol. The van der Waals surface area contributed by atoms with Crippen LogP contribution in [0.25, 0.3) is 112 Å². The summed E-state index contributed by atoms with van der Waals surface area (Å²) in [6.45, 7) is -0.652. The minimum absolute atomic E-state index is 0.113. The number of carbonyl (C=O) groups excluding carboxylic acids is 5. The Kier molecular flexibility index (Phi) is 28.5. The molecule has 16 aromatic heterocycles. The highest BCUT2D eigenvalue weighted by Crippen LogP contribution is 2.25. The summed E-state index contributed by atoms with van der Waals surface area (Å²) in [6.07, 6.45) is 18.2. The lowest BCUT2D eigenvalue weighted by molar-refractivity contribution is -0.117. The van der Waals surface area contributed by atoms with E-state index in [2.05, 4.69) is 102 Å². The van der Waals surface area contributed by atoms with E-state index in [1.165, 1.54) is 154 Å². The summed E-state index contributed by atoms with van der Waals surface area (Å²) in [5, 5.41) is 29.7. The zero-order valence-corrected chi connectivity index (χ0v) is 78.7.